The average molecular weight is 545 g/mol. The highest BCUT2D eigenvalue weighted by atomic mass is 32.2. The molecule has 198 valence electrons. The van der Waals surface area contributed by atoms with Crippen molar-refractivity contribution >= 4 is 32.5 Å². The fourth-order valence-corrected chi connectivity index (χ4v) is 6.31. The smallest absolute Gasteiger partial charge is 0.416 e. The number of aromatic nitrogens is 3. The van der Waals surface area contributed by atoms with Crippen molar-refractivity contribution in [1.82, 2.24) is 14.8 Å². The Morgan fingerprint density at radius 3 is 2.58 bits per heavy atom. The molecule has 0 saturated carbocycles. The van der Waals surface area contributed by atoms with E-state index in [1.165, 1.54) is 19.2 Å². The Morgan fingerprint density at radius 2 is 1.89 bits per heavy atom. The van der Waals surface area contributed by atoms with Crippen molar-refractivity contribution in [3.63, 3.8) is 0 Å². The van der Waals surface area contributed by atoms with Gasteiger partial charge in [0.25, 0.3) is 5.91 Å². The molecule has 1 fully saturated rings. The summed E-state index contributed by atoms with van der Waals surface area (Å²) in [5, 5.41) is 7.49. The maximum absolute atomic E-state index is 13.5. The number of nitrogens with one attached hydrogen (secondary N) is 1. The van der Waals surface area contributed by atoms with E-state index in [4.69, 9.17) is 9.72 Å². The number of alkyl halides is 3. The standard InChI is InChI=1S/C26H23F3N4O4S/c1-15-23-21(25(34)30-18-7-4-6-17(12-18)26(27,28)29)13-22(16-5-3-8-20(11-16)37-2)31-24(23)33(32-15)19-9-10-38(35,36)14-19/h3-8,11-13,19H,9-10,14H2,1-2H3,(H,30,34). The van der Waals surface area contributed by atoms with Crippen LogP contribution in [0, 0.1) is 6.92 Å². The third-order valence-corrected chi connectivity index (χ3v) is 8.20. The fraction of sp³-hybridized carbons (Fsp3) is 0.269. The first-order chi connectivity index (χ1) is 17.9. The number of anilines is 1. The first-order valence-corrected chi connectivity index (χ1v) is 13.5. The third kappa shape index (κ3) is 4.95. The minimum atomic E-state index is -4.57. The van der Waals surface area contributed by atoms with Crippen molar-refractivity contribution in [2.75, 3.05) is 23.9 Å². The Kier molecular flexibility index (Phi) is 6.38. The first kappa shape index (κ1) is 25.7. The summed E-state index contributed by atoms with van der Waals surface area (Å²) < 4.78 is 70.8. The lowest BCUT2D eigenvalue weighted by atomic mass is 10.0. The van der Waals surface area contributed by atoms with Crippen molar-refractivity contribution in [2.45, 2.75) is 25.6 Å². The topological polar surface area (TPSA) is 103 Å². The zero-order chi connectivity index (χ0) is 27.2. The van der Waals surface area contributed by atoms with Gasteiger partial charge in [0, 0.05) is 11.3 Å². The van der Waals surface area contributed by atoms with Gasteiger partial charge in [0.05, 0.1) is 52.6 Å². The molecule has 1 N–H and O–H groups in total. The molecule has 12 heteroatoms. The summed E-state index contributed by atoms with van der Waals surface area (Å²) in [6, 6.07) is 12.5. The molecule has 0 spiro atoms. The van der Waals surface area contributed by atoms with Crippen LogP contribution >= 0.6 is 0 Å². The van der Waals surface area contributed by atoms with E-state index in [0.29, 0.717) is 40.2 Å². The number of rotatable bonds is 5. The first-order valence-electron chi connectivity index (χ1n) is 11.7. The maximum atomic E-state index is 13.5. The van der Waals surface area contributed by atoms with Gasteiger partial charge in [-0.3, -0.25) is 4.79 Å². The molecule has 2 aromatic carbocycles. The van der Waals surface area contributed by atoms with Gasteiger partial charge in [0.15, 0.2) is 15.5 Å². The maximum Gasteiger partial charge on any atom is 0.416 e. The quantitative estimate of drug-likeness (QED) is 0.377. The van der Waals surface area contributed by atoms with Crippen LogP contribution in [0.1, 0.15) is 34.1 Å². The van der Waals surface area contributed by atoms with Gasteiger partial charge in [-0.15, -0.1) is 0 Å². The molecule has 3 heterocycles. The second kappa shape index (κ2) is 9.43. The number of carbonyl (C=O) groups is 1. The highest BCUT2D eigenvalue weighted by Crippen LogP contribution is 2.34. The monoisotopic (exact) mass is 544 g/mol. The zero-order valence-electron chi connectivity index (χ0n) is 20.4. The molecule has 0 radical (unpaired) electrons. The normalized spacial score (nSPS) is 17.0. The number of hydrogen-bond donors (Lipinski definition) is 1. The van der Waals surface area contributed by atoms with E-state index in [0.717, 1.165) is 12.1 Å². The predicted octanol–water partition coefficient (Wildman–Crippen LogP) is 5.05. The van der Waals surface area contributed by atoms with Gasteiger partial charge in [-0.1, -0.05) is 18.2 Å². The molecule has 1 aliphatic heterocycles. The van der Waals surface area contributed by atoms with Crippen LogP contribution in [0.15, 0.2) is 54.6 Å². The molecule has 0 bridgehead atoms. The van der Waals surface area contributed by atoms with E-state index < -0.39 is 33.5 Å². The van der Waals surface area contributed by atoms with Gasteiger partial charge >= 0.3 is 6.18 Å². The summed E-state index contributed by atoms with van der Waals surface area (Å²) in [5.74, 6) is -0.162. The van der Waals surface area contributed by atoms with Gasteiger partial charge in [-0.25, -0.2) is 18.1 Å². The Hall–Kier alpha value is -3.93. The molecule has 1 unspecified atom stereocenters. The van der Waals surface area contributed by atoms with Crippen LogP contribution in [0.25, 0.3) is 22.3 Å². The molecule has 8 nitrogen and oxygen atoms in total. The SMILES string of the molecule is COc1cccc(-c2cc(C(=O)Nc3cccc(C(F)(F)F)c3)c3c(C)nn(C4CCS(=O)(=O)C4)c3n2)c1. The van der Waals surface area contributed by atoms with E-state index in [9.17, 15) is 26.4 Å². The summed E-state index contributed by atoms with van der Waals surface area (Å²) in [7, 11) is -1.72. The van der Waals surface area contributed by atoms with Crippen LogP contribution in [-0.4, -0.2) is 47.7 Å². The van der Waals surface area contributed by atoms with E-state index in [-0.39, 0.29) is 22.8 Å². The number of carbonyl (C=O) groups excluding carboxylic acids is 1. The van der Waals surface area contributed by atoms with E-state index in [2.05, 4.69) is 10.4 Å². The number of fused-ring (bicyclic) bond motifs is 1. The molecule has 1 saturated heterocycles. The number of benzene rings is 2. The minimum absolute atomic E-state index is 0.0235. The second-order valence-corrected chi connectivity index (χ2v) is 11.3. The lowest BCUT2D eigenvalue weighted by molar-refractivity contribution is -0.137. The van der Waals surface area contributed by atoms with Crippen LogP contribution in [0.5, 0.6) is 5.75 Å². The van der Waals surface area contributed by atoms with Gasteiger partial charge < -0.3 is 10.1 Å². The summed E-state index contributed by atoms with van der Waals surface area (Å²) in [5.41, 5.74) is 1.02. The molecule has 5 rings (SSSR count). The van der Waals surface area contributed by atoms with Crippen LogP contribution in [0.2, 0.25) is 0 Å². The minimum Gasteiger partial charge on any atom is -0.497 e. The Morgan fingerprint density at radius 1 is 1.13 bits per heavy atom. The molecule has 38 heavy (non-hydrogen) atoms. The highest BCUT2D eigenvalue weighted by molar-refractivity contribution is 7.91. The molecule has 1 amide bonds. The van der Waals surface area contributed by atoms with Crippen molar-refractivity contribution in [2.24, 2.45) is 0 Å². The Bertz CT molecular complexity index is 1670. The average Bonchev–Trinajstić information content (AvgIpc) is 3.41. The molecule has 1 atom stereocenters. The van der Waals surface area contributed by atoms with E-state index >= 15 is 0 Å². The van der Waals surface area contributed by atoms with Gasteiger partial charge in [-0.2, -0.15) is 18.3 Å². The fourth-order valence-electron chi connectivity index (χ4n) is 4.62. The van der Waals surface area contributed by atoms with Crippen molar-refractivity contribution in [3.05, 3.63) is 71.4 Å². The molecular formula is C26H23F3N4O4S. The molecule has 2 aromatic heterocycles. The van der Waals surface area contributed by atoms with Crippen LogP contribution in [-0.2, 0) is 16.0 Å². The number of methoxy groups -OCH3 is 1. The third-order valence-electron chi connectivity index (χ3n) is 6.45. The summed E-state index contributed by atoms with van der Waals surface area (Å²) in [6.45, 7) is 1.68. The Balaban J connectivity index is 1.65. The van der Waals surface area contributed by atoms with E-state index in [1.54, 1.807) is 41.9 Å². The highest BCUT2D eigenvalue weighted by Gasteiger charge is 2.33. The van der Waals surface area contributed by atoms with Gasteiger partial charge in [0.2, 0.25) is 0 Å². The molecular weight excluding hydrogens is 521 g/mol. The molecule has 1 aliphatic rings. The number of amides is 1. The van der Waals surface area contributed by atoms with Crippen molar-refractivity contribution in [1.29, 1.82) is 0 Å². The Labute approximate surface area is 216 Å². The number of hydrogen-bond acceptors (Lipinski definition) is 6. The number of sulfone groups is 1. The van der Waals surface area contributed by atoms with E-state index in [1.807, 2.05) is 0 Å². The van der Waals surface area contributed by atoms with Crippen LogP contribution in [0.3, 0.4) is 0 Å². The second-order valence-electron chi connectivity index (χ2n) is 9.11. The summed E-state index contributed by atoms with van der Waals surface area (Å²) >= 11 is 0. The van der Waals surface area contributed by atoms with Crippen LogP contribution < -0.4 is 10.1 Å². The number of halogens is 3. The van der Waals surface area contributed by atoms with Crippen LogP contribution in [0.4, 0.5) is 18.9 Å². The molecule has 0 aliphatic carbocycles. The van der Waals surface area contributed by atoms with Crippen molar-refractivity contribution < 1.29 is 31.1 Å². The predicted molar refractivity (Wildman–Crippen MR) is 136 cm³/mol. The number of aryl methyl sites for hydroxylation is 1. The van der Waals surface area contributed by atoms with Gasteiger partial charge in [0.1, 0.15) is 5.75 Å². The lowest BCUT2D eigenvalue weighted by Crippen LogP contribution is -2.15. The number of nitrogens with zero attached hydrogens (tertiary/aromatic N) is 3. The largest absolute Gasteiger partial charge is 0.497 e. The molecule has 4 aromatic rings. The summed E-state index contributed by atoms with van der Waals surface area (Å²) in [4.78, 5) is 18.3. The van der Waals surface area contributed by atoms with Crippen molar-refractivity contribution in [3.8, 4) is 17.0 Å². The zero-order valence-corrected chi connectivity index (χ0v) is 21.2. The number of pyridine rings is 1. The lowest BCUT2D eigenvalue weighted by Gasteiger charge is -2.13. The van der Waals surface area contributed by atoms with Gasteiger partial charge in [-0.05, 0) is 49.7 Å². The number of ether oxygens (including phenoxy) is 1. The summed E-state index contributed by atoms with van der Waals surface area (Å²) in [6.07, 6.45) is -4.21.